The second-order valence-electron chi connectivity index (χ2n) is 7.00. The van der Waals surface area contributed by atoms with E-state index in [9.17, 15) is 36.9 Å². The second kappa shape index (κ2) is 8.68. The van der Waals surface area contributed by atoms with Crippen LogP contribution >= 0.6 is 20.7 Å². The number of alkyl halides is 6. The largest absolute Gasteiger partial charge is 0.435 e. The predicted molar refractivity (Wildman–Crippen MR) is 117 cm³/mol. The minimum absolute atomic E-state index is 0.0173. The van der Waals surface area contributed by atoms with Crippen LogP contribution in [-0.2, 0) is 12.4 Å². The van der Waals surface area contributed by atoms with Crippen LogP contribution in [0.25, 0.3) is 11.3 Å². The first-order valence-electron chi connectivity index (χ1n) is 9.37. The first kappa shape index (κ1) is 23.6. The van der Waals surface area contributed by atoms with Gasteiger partial charge in [-0.2, -0.15) is 36.9 Å². The van der Waals surface area contributed by atoms with Gasteiger partial charge in [0.1, 0.15) is 21.5 Å². The number of benzene rings is 2. The predicted octanol–water partition coefficient (Wildman–Crippen LogP) is 5.68. The molecule has 1 atom stereocenters. The SMILES string of the molecule is N#CNC1c2ccccc2C(=IC#N)c2nc(-c3ccc(C(F)(F)F)cc3)c(C(F)(F)F)nc21. The smallest absolute Gasteiger partial charge is 0.310 e. The molecular weight excluding hydrogens is 575 g/mol. The molecule has 1 aliphatic carbocycles. The van der Waals surface area contributed by atoms with Crippen molar-refractivity contribution in [1.29, 1.82) is 10.5 Å². The van der Waals surface area contributed by atoms with Crippen LogP contribution in [0.3, 0.4) is 0 Å². The summed E-state index contributed by atoms with van der Waals surface area (Å²) < 4.78 is 83.3. The molecule has 0 bridgehead atoms. The molecule has 0 aliphatic heterocycles. The summed E-state index contributed by atoms with van der Waals surface area (Å²) in [6, 6.07) is 8.71. The molecule has 0 amide bonds. The van der Waals surface area contributed by atoms with Gasteiger partial charge in [0.15, 0.2) is 11.9 Å². The average molecular weight is 585 g/mol. The van der Waals surface area contributed by atoms with Gasteiger partial charge >= 0.3 is 12.4 Å². The van der Waals surface area contributed by atoms with Crippen LogP contribution in [0.1, 0.15) is 39.8 Å². The summed E-state index contributed by atoms with van der Waals surface area (Å²) in [6.07, 6.45) is -7.93. The van der Waals surface area contributed by atoms with Gasteiger partial charge in [-0.3, -0.25) is 0 Å². The summed E-state index contributed by atoms with van der Waals surface area (Å²) in [5.41, 5.74) is -2.41. The van der Waals surface area contributed by atoms with Crippen molar-refractivity contribution in [2.75, 3.05) is 0 Å². The fourth-order valence-corrected chi connectivity index (χ4v) is 5.27. The number of fused-ring (bicyclic) bond motifs is 2. The molecule has 0 fully saturated rings. The molecule has 4 rings (SSSR count). The van der Waals surface area contributed by atoms with E-state index in [0.717, 1.165) is 12.1 Å². The van der Waals surface area contributed by atoms with E-state index in [1.54, 1.807) is 30.5 Å². The number of aromatic nitrogens is 2. The van der Waals surface area contributed by atoms with E-state index >= 15 is 0 Å². The van der Waals surface area contributed by atoms with Crippen molar-refractivity contribution in [3.05, 3.63) is 82.3 Å². The summed E-state index contributed by atoms with van der Waals surface area (Å²) in [7, 11) is 0. The zero-order valence-corrected chi connectivity index (χ0v) is 18.8. The lowest BCUT2D eigenvalue weighted by molar-refractivity contribution is -0.141. The quantitative estimate of drug-likeness (QED) is 0.181. The number of nitrogens with zero attached hydrogens (tertiary/aromatic N) is 4. The third-order valence-corrected chi connectivity index (χ3v) is 6.88. The van der Waals surface area contributed by atoms with Crippen molar-refractivity contribution in [2.45, 2.75) is 18.4 Å². The monoisotopic (exact) mass is 585 g/mol. The van der Waals surface area contributed by atoms with Gasteiger partial charge < -0.3 is 5.32 Å². The Morgan fingerprint density at radius 1 is 0.853 bits per heavy atom. The van der Waals surface area contributed by atoms with Gasteiger partial charge in [0.25, 0.3) is 0 Å². The Labute approximate surface area is 198 Å². The van der Waals surface area contributed by atoms with Crippen LogP contribution in [0.2, 0.25) is 0 Å². The molecule has 172 valence electrons. The highest BCUT2D eigenvalue weighted by Crippen LogP contribution is 2.41. The van der Waals surface area contributed by atoms with E-state index < -0.39 is 56.1 Å². The maximum absolute atomic E-state index is 14.0. The van der Waals surface area contributed by atoms with Crippen molar-refractivity contribution in [3.63, 3.8) is 0 Å². The normalized spacial score (nSPS) is 16.5. The van der Waals surface area contributed by atoms with E-state index in [1.165, 1.54) is 0 Å². The Balaban J connectivity index is 2.02. The van der Waals surface area contributed by atoms with Gasteiger partial charge in [0.05, 0.1) is 14.8 Å². The van der Waals surface area contributed by atoms with Gasteiger partial charge in [-0.1, -0.05) is 36.4 Å². The highest BCUT2D eigenvalue weighted by molar-refractivity contribution is 14.2. The maximum Gasteiger partial charge on any atom is 0.435 e. The number of nitriles is 2. The van der Waals surface area contributed by atoms with E-state index in [1.807, 2.05) is 0 Å². The molecule has 12 heteroatoms. The van der Waals surface area contributed by atoms with E-state index in [-0.39, 0.29) is 17.0 Å². The molecule has 3 aromatic rings. The maximum atomic E-state index is 14.0. The van der Waals surface area contributed by atoms with Crippen LogP contribution in [0.4, 0.5) is 26.3 Å². The lowest BCUT2D eigenvalue weighted by atomic mass is 9.87. The Morgan fingerprint density at radius 2 is 1.53 bits per heavy atom. The highest BCUT2D eigenvalue weighted by Gasteiger charge is 2.41. The van der Waals surface area contributed by atoms with Gasteiger partial charge in [0.2, 0.25) is 0 Å². The molecule has 5 nitrogen and oxygen atoms in total. The van der Waals surface area contributed by atoms with E-state index in [2.05, 4.69) is 19.4 Å². The summed E-state index contributed by atoms with van der Waals surface area (Å²) in [5.74, 6) is 0. The molecule has 1 aliphatic rings. The molecule has 1 heterocycles. The van der Waals surface area contributed by atoms with Gasteiger partial charge in [0, 0.05) is 26.3 Å². The minimum atomic E-state index is -4.99. The molecule has 0 spiro atoms. The zero-order chi connectivity index (χ0) is 24.7. The third-order valence-electron chi connectivity index (χ3n) is 5.01. The number of rotatable bonds is 2. The van der Waals surface area contributed by atoms with Crippen LogP contribution in [-0.4, -0.2) is 13.5 Å². The highest BCUT2D eigenvalue weighted by atomic mass is 127. The zero-order valence-electron chi connectivity index (χ0n) is 16.6. The van der Waals surface area contributed by atoms with Gasteiger partial charge in [-0.05, 0) is 23.3 Å². The summed E-state index contributed by atoms with van der Waals surface area (Å²) in [5, 5.41) is 21.1. The summed E-state index contributed by atoms with van der Waals surface area (Å²) in [4.78, 5) is 8.03. The minimum Gasteiger partial charge on any atom is -0.310 e. The van der Waals surface area contributed by atoms with Crippen LogP contribution in [0.15, 0.2) is 48.5 Å². The molecule has 34 heavy (non-hydrogen) atoms. The fraction of sp³-hybridized carbons (Fsp3) is 0.136. The number of halogens is 7. The van der Waals surface area contributed by atoms with Crippen LogP contribution < -0.4 is 5.32 Å². The van der Waals surface area contributed by atoms with Crippen molar-refractivity contribution >= 4 is 24.2 Å². The van der Waals surface area contributed by atoms with E-state index in [4.69, 9.17) is 0 Å². The third kappa shape index (κ3) is 4.21. The Bertz CT molecular complexity index is 1380. The first-order valence-corrected chi connectivity index (χ1v) is 11.5. The van der Waals surface area contributed by atoms with Crippen molar-refractivity contribution < 1.29 is 26.3 Å². The molecule has 1 N–H and O–H groups in total. The number of nitrogens with one attached hydrogen (secondary N) is 1. The Morgan fingerprint density at radius 3 is 2.12 bits per heavy atom. The Kier molecular flexibility index (Phi) is 6.03. The molecule has 1 unspecified atom stereocenters. The van der Waals surface area contributed by atoms with E-state index in [0.29, 0.717) is 26.8 Å². The first-order chi connectivity index (χ1) is 16.1. The van der Waals surface area contributed by atoms with Crippen molar-refractivity contribution in [3.8, 4) is 21.5 Å². The Hall–Kier alpha value is -3.52. The lowest BCUT2D eigenvalue weighted by Gasteiger charge is -2.28. The lowest BCUT2D eigenvalue weighted by Crippen LogP contribution is -2.31. The van der Waals surface area contributed by atoms with Crippen LogP contribution in [0, 0.1) is 20.8 Å². The number of hydrogen-bond donors (Lipinski definition) is 1. The van der Waals surface area contributed by atoms with Crippen LogP contribution in [0.5, 0.6) is 0 Å². The summed E-state index contributed by atoms with van der Waals surface area (Å²) >= 11 is -1.36. The molecule has 1 aromatic heterocycles. The summed E-state index contributed by atoms with van der Waals surface area (Å²) in [6.45, 7) is 0. The van der Waals surface area contributed by atoms with Gasteiger partial charge in [-0.25, -0.2) is 9.97 Å². The number of hydrogen-bond acceptors (Lipinski definition) is 5. The standard InChI is InChI=1S/C22H10F6IN5/c23-21(24,25)12-7-5-11(6-8-12)16-20(22(26,27)28)34-19-17(32-10-31)14-4-2-1-3-13(14)15(29-9-30)18(19)33-16/h1-8,17,32H. The fourth-order valence-electron chi connectivity index (χ4n) is 3.60. The molecule has 0 saturated heterocycles. The second-order valence-corrected chi connectivity index (χ2v) is 9.10. The molecular formula is C22H10F6IN5. The van der Waals surface area contributed by atoms with Crippen molar-refractivity contribution in [1.82, 2.24) is 15.3 Å². The molecule has 0 radical (unpaired) electrons. The van der Waals surface area contributed by atoms with Gasteiger partial charge in [-0.15, -0.1) is 0 Å². The topological polar surface area (TPSA) is 85.4 Å². The molecule has 0 saturated carbocycles. The average Bonchev–Trinajstić information content (AvgIpc) is 2.79. The van der Waals surface area contributed by atoms with Crippen molar-refractivity contribution in [2.24, 2.45) is 0 Å². The molecule has 2 aromatic carbocycles.